The Hall–Kier alpha value is -0.0400. The first kappa shape index (κ1) is 9.05. The van der Waals surface area contributed by atoms with Gasteiger partial charge in [-0.15, -0.1) is 0 Å². The number of nitrogens with two attached hydrogens (primary N) is 1. The molecular weight excluding hydrogens is 323 g/mol. The van der Waals surface area contributed by atoms with Crippen LogP contribution in [0.15, 0.2) is 10.7 Å². The highest BCUT2D eigenvalue weighted by Gasteiger charge is 2.05. The highest BCUT2D eigenvalue weighted by molar-refractivity contribution is 14.1. The molecule has 2 N–H and O–H groups in total. The summed E-state index contributed by atoms with van der Waals surface area (Å²) in [7, 11) is 1.54. The maximum atomic E-state index is 5.65. The molecule has 60 valence electrons. The maximum Gasteiger partial charge on any atom is 0.239 e. The van der Waals surface area contributed by atoms with Gasteiger partial charge in [-0.3, -0.25) is 0 Å². The van der Waals surface area contributed by atoms with E-state index >= 15 is 0 Å². The fourth-order valence-corrected chi connectivity index (χ4v) is 1.97. The Morgan fingerprint density at radius 1 is 1.73 bits per heavy atom. The third-order valence-corrected chi connectivity index (χ3v) is 2.43. The van der Waals surface area contributed by atoms with Gasteiger partial charge in [0.2, 0.25) is 5.88 Å². The Bertz CT molecular complexity index is 280. The lowest BCUT2D eigenvalue weighted by Gasteiger charge is -2.04. The van der Waals surface area contributed by atoms with Crippen LogP contribution in [0, 0.1) is 3.57 Å². The van der Waals surface area contributed by atoms with Gasteiger partial charge >= 0.3 is 0 Å². The zero-order valence-electron chi connectivity index (χ0n) is 5.77. The maximum absolute atomic E-state index is 5.65. The molecule has 0 aliphatic carbocycles. The van der Waals surface area contributed by atoms with Crippen molar-refractivity contribution in [1.82, 2.24) is 4.98 Å². The van der Waals surface area contributed by atoms with Crippen molar-refractivity contribution in [2.45, 2.75) is 0 Å². The van der Waals surface area contributed by atoms with Crippen LogP contribution in [0.2, 0.25) is 0 Å². The molecule has 0 saturated carbocycles. The molecule has 0 aliphatic rings. The Morgan fingerprint density at radius 2 is 2.36 bits per heavy atom. The minimum atomic E-state index is 0.462. The number of nitrogens with zero attached hydrogens (tertiary/aromatic N) is 1. The van der Waals surface area contributed by atoms with E-state index in [4.69, 9.17) is 10.5 Å². The van der Waals surface area contributed by atoms with Gasteiger partial charge in [-0.25, -0.2) is 4.98 Å². The second-order valence-corrected chi connectivity index (χ2v) is 3.82. The van der Waals surface area contributed by atoms with Crippen LogP contribution < -0.4 is 10.5 Å². The van der Waals surface area contributed by atoms with E-state index in [9.17, 15) is 0 Å². The summed E-state index contributed by atoms with van der Waals surface area (Å²) in [5.41, 5.74) is 6.23. The highest BCUT2D eigenvalue weighted by Crippen LogP contribution is 2.26. The van der Waals surface area contributed by atoms with Crippen molar-refractivity contribution in [1.29, 1.82) is 0 Å². The van der Waals surface area contributed by atoms with Gasteiger partial charge in [0.15, 0.2) is 0 Å². The standard InChI is InChI=1S/C6H6BrIN2O/c1-11-6-5(9)3(8)2-4(7)10-6/h2H,9H2,1H3. The number of ether oxygens (including phenoxy) is 1. The van der Waals surface area contributed by atoms with Crippen LogP contribution in [0.25, 0.3) is 0 Å². The minimum Gasteiger partial charge on any atom is -0.479 e. The third-order valence-electron chi connectivity index (χ3n) is 1.14. The van der Waals surface area contributed by atoms with Crippen molar-refractivity contribution in [3.63, 3.8) is 0 Å². The molecule has 1 rings (SSSR count). The Morgan fingerprint density at radius 3 is 2.91 bits per heavy atom. The summed E-state index contributed by atoms with van der Waals surface area (Å²) < 4.78 is 6.60. The summed E-state index contributed by atoms with van der Waals surface area (Å²) in [6, 6.07) is 1.83. The molecule has 0 saturated heterocycles. The number of pyridine rings is 1. The van der Waals surface area contributed by atoms with E-state index in [1.807, 2.05) is 6.07 Å². The Labute approximate surface area is 86.6 Å². The smallest absolute Gasteiger partial charge is 0.239 e. The molecule has 0 fully saturated rings. The van der Waals surface area contributed by atoms with Crippen molar-refractivity contribution in [3.05, 3.63) is 14.2 Å². The second-order valence-electron chi connectivity index (χ2n) is 1.85. The van der Waals surface area contributed by atoms with Crippen LogP contribution >= 0.6 is 38.5 Å². The van der Waals surface area contributed by atoms with Crippen molar-refractivity contribution in [2.75, 3.05) is 12.8 Å². The third kappa shape index (κ3) is 1.96. The molecular formula is C6H6BrIN2O. The minimum absolute atomic E-state index is 0.462. The summed E-state index contributed by atoms with van der Waals surface area (Å²) >= 11 is 5.36. The normalized spacial score (nSPS) is 9.73. The van der Waals surface area contributed by atoms with Crippen molar-refractivity contribution in [3.8, 4) is 5.88 Å². The van der Waals surface area contributed by atoms with Crippen molar-refractivity contribution >= 4 is 44.2 Å². The zero-order chi connectivity index (χ0) is 8.43. The van der Waals surface area contributed by atoms with Crippen molar-refractivity contribution in [2.24, 2.45) is 0 Å². The summed E-state index contributed by atoms with van der Waals surface area (Å²) in [6.45, 7) is 0. The van der Waals surface area contributed by atoms with E-state index in [1.165, 1.54) is 0 Å². The molecule has 0 bridgehead atoms. The summed E-state index contributed by atoms with van der Waals surface area (Å²) in [6.07, 6.45) is 0. The molecule has 1 aromatic heterocycles. The fourth-order valence-electron chi connectivity index (χ4n) is 0.630. The topological polar surface area (TPSA) is 48.1 Å². The van der Waals surface area contributed by atoms with Gasteiger partial charge < -0.3 is 10.5 Å². The van der Waals surface area contributed by atoms with Gasteiger partial charge in [-0.1, -0.05) is 0 Å². The lowest BCUT2D eigenvalue weighted by molar-refractivity contribution is 0.399. The molecule has 0 amide bonds. The molecule has 0 unspecified atom stereocenters. The summed E-state index contributed by atoms with van der Waals surface area (Å²) in [5.74, 6) is 0.462. The number of hydrogen-bond donors (Lipinski definition) is 1. The monoisotopic (exact) mass is 328 g/mol. The SMILES string of the molecule is COc1nc(Br)cc(I)c1N. The first-order valence-electron chi connectivity index (χ1n) is 2.80. The van der Waals surface area contributed by atoms with Gasteiger partial charge in [0, 0.05) is 3.57 Å². The highest BCUT2D eigenvalue weighted by atomic mass is 127. The largest absolute Gasteiger partial charge is 0.479 e. The average Bonchev–Trinajstić information content (AvgIpc) is 1.96. The number of rotatable bonds is 1. The lowest BCUT2D eigenvalue weighted by Crippen LogP contribution is -1.97. The zero-order valence-corrected chi connectivity index (χ0v) is 9.51. The summed E-state index contributed by atoms with van der Waals surface area (Å²) in [4.78, 5) is 4.02. The van der Waals surface area contributed by atoms with E-state index < -0.39 is 0 Å². The van der Waals surface area contributed by atoms with Crippen LogP contribution in [0.1, 0.15) is 0 Å². The number of methoxy groups -OCH3 is 1. The van der Waals surface area contributed by atoms with Crippen LogP contribution in [0.3, 0.4) is 0 Å². The first-order chi connectivity index (χ1) is 5.15. The van der Waals surface area contributed by atoms with Gasteiger partial charge in [0.25, 0.3) is 0 Å². The lowest BCUT2D eigenvalue weighted by atomic mass is 10.4. The van der Waals surface area contributed by atoms with Gasteiger partial charge in [0.05, 0.1) is 7.11 Å². The van der Waals surface area contributed by atoms with Crippen LogP contribution in [0.5, 0.6) is 5.88 Å². The number of nitrogen functional groups attached to an aromatic ring is 1. The number of hydrogen-bond acceptors (Lipinski definition) is 3. The van der Waals surface area contributed by atoms with Gasteiger partial charge in [-0.2, -0.15) is 0 Å². The predicted octanol–water partition coefficient (Wildman–Crippen LogP) is 2.04. The molecule has 0 aliphatic heterocycles. The summed E-state index contributed by atoms with van der Waals surface area (Å²) in [5, 5.41) is 0. The van der Waals surface area contributed by atoms with Gasteiger partial charge in [0.1, 0.15) is 10.3 Å². The molecule has 11 heavy (non-hydrogen) atoms. The molecule has 1 aromatic rings. The molecule has 0 spiro atoms. The molecule has 0 aromatic carbocycles. The van der Waals surface area contributed by atoms with Crippen LogP contribution in [-0.2, 0) is 0 Å². The fraction of sp³-hybridized carbons (Fsp3) is 0.167. The first-order valence-corrected chi connectivity index (χ1v) is 4.68. The molecule has 1 heterocycles. The van der Waals surface area contributed by atoms with E-state index in [2.05, 4.69) is 43.5 Å². The van der Waals surface area contributed by atoms with Crippen LogP contribution in [-0.4, -0.2) is 12.1 Å². The van der Waals surface area contributed by atoms with E-state index in [0.717, 1.165) is 8.17 Å². The van der Waals surface area contributed by atoms with E-state index in [1.54, 1.807) is 7.11 Å². The Kier molecular flexibility index (Phi) is 2.94. The molecule has 0 atom stereocenters. The van der Waals surface area contributed by atoms with Crippen LogP contribution in [0.4, 0.5) is 5.69 Å². The number of halogens is 2. The molecule has 3 nitrogen and oxygen atoms in total. The van der Waals surface area contributed by atoms with Crippen molar-refractivity contribution < 1.29 is 4.74 Å². The van der Waals surface area contributed by atoms with E-state index in [0.29, 0.717) is 11.6 Å². The Balaban J connectivity index is 3.24. The second kappa shape index (κ2) is 3.57. The molecule has 0 radical (unpaired) electrons. The van der Waals surface area contributed by atoms with E-state index in [-0.39, 0.29) is 0 Å². The molecule has 5 heteroatoms. The average molecular weight is 329 g/mol. The number of aromatic nitrogens is 1. The predicted molar refractivity (Wildman–Crippen MR) is 55.6 cm³/mol. The number of anilines is 1. The van der Waals surface area contributed by atoms with Gasteiger partial charge in [-0.05, 0) is 44.6 Å². The quantitative estimate of drug-likeness (QED) is 0.634.